The van der Waals surface area contributed by atoms with E-state index in [0.717, 1.165) is 39.1 Å². The first-order valence-corrected chi connectivity index (χ1v) is 20.0. The zero-order chi connectivity index (χ0) is 38.0. The molecule has 0 bridgehead atoms. The van der Waals surface area contributed by atoms with Crippen LogP contribution in [0.15, 0.2) is 200 Å². The van der Waals surface area contributed by atoms with E-state index < -0.39 is 5.41 Å². The van der Waals surface area contributed by atoms with E-state index in [1.54, 1.807) is 0 Å². The number of rotatable bonds is 4. The van der Waals surface area contributed by atoms with E-state index >= 15 is 0 Å². The van der Waals surface area contributed by atoms with Crippen molar-refractivity contribution in [1.82, 2.24) is 14.5 Å². The topological polar surface area (TPSA) is 30.7 Å². The van der Waals surface area contributed by atoms with Gasteiger partial charge in [-0.3, -0.25) is 4.57 Å². The van der Waals surface area contributed by atoms with Crippen LogP contribution in [-0.4, -0.2) is 14.5 Å². The van der Waals surface area contributed by atoms with Gasteiger partial charge in [0.1, 0.15) is 5.69 Å². The fraction of sp³-hybridized carbons (Fsp3) is 0.0182. The highest BCUT2D eigenvalue weighted by Crippen LogP contribution is 2.62. The standard InChI is InChI=1S/C55H33N3/c1-4-17-35(18-5-1)53-54(57-45-30-15-14-29-44(45)56-53)58-46-32-31-34-19-16-27-39-38-24-10-11-25-40(38)50-49-41-26-12-13-28-42(41)55(36-20-6-2-7-21-36,37-22-8-3-9-23-37)43(49)33-47(58)52(50)51(46)48(34)39/h1-33H. The Hall–Kier alpha value is -7.62. The van der Waals surface area contributed by atoms with E-state index in [4.69, 9.17) is 9.97 Å². The van der Waals surface area contributed by atoms with Crippen molar-refractivity contribution in [2.24, 2.45) is 0 Å². The first-order chi connectivity index (χ1) is 28.8. The van der Waals surface area contributed by atoms with Gasteiger partial charge in [0, 0.05) is 21.9 Å². The normalized spacial score (nSPS) is 13.3. The van der Waals surface area contributed by atoms with Crippen LogP contribution in [0.25, 0.3) is 94.1 Å². The van der Waals surface area contributed by atoms with E-state index in [1.165, 1.54) is 77.2 Å². The monoisotopic (exact) mass is 735 g/mol. The summed E-state index contributed by atoms with van der Waals surface area (Å²) in [5.74, 6) is 0.821. The lowest BCUT2D eigenvalue weighted by atomic mass is 9.67. The molecule has 0 amide bonds. The van der Waals surface area contributed by atoms with Gasteiger partial charge in [0.25, 0.3) is 0 Å². The summed E-state index contributed by atoms with van der Waals surface area (Å²) in [6, 6.07) is 73.1. The highest BCUT2D eigenvalue weighted by molar-refractivity contribution is 6.32. The molecule has 0 N–H and O–H groups in total. The summed E-state index contributed by atoms with van der Waals surface area (Å²) in [5.41, 5.74) is 17.9. The second-order valence-electron chi connectivity index (χ2n) is 15.6. The van der Waals surface area contributed by atoms with Crippen LogP contribution in [0.5, 0.6) is 0 Å². The minimum Gasteiger partial charge on any atom is -0.292 e. The lowest BCUT2D eigenvalue weighted by Crippen LogP contribution is -2.28. The lowest BCUT2D eigenvalue weighted by Gasteiger charge is -2.34. The molecule has 0 aliphatic heterocycles. The molecule has 13 rings (SSSR count). The second kappa shape index (κ2) is 11.7. The minimum absolute atomic E-state index is 0.596. The number of para-hydroxylation sites is 2. The van der Waals surface area contributed by atoms with Crippen molar-refractivity contribution < 1.29 is 0 Å². The zero-order valence-electron chi connectivity index (χ0n) is 31.4. The van der Waals surface area contributed by atoms with Crippen LogP contribution in [-0.2, 0) is 5.41 Å². The number of hydrogen-bond donors (Lipinski definition) is 0. The average molecular weight is 736 g/mol. The SMILES string of the molecule is c1ccc(-c2nc3ccccc3nc2-n2c3cc4c(c5c3c3c6c(cccc6ccc32)-c2ccccc2-5)-c2ccccc2C4(c2ccccc2)c2ccccc2)cc1. The average Bonchev–Trinajstić information content (AvgIpc) is 3.74. The summed E-state index contributed by atoms with van der Waals surface area (Å²) in [5, 5.41) is 5.00. The summed E-state index contributed by atoms with van der Waals surface area (Å²) >= 11 is 0. The van der Waals surface area contributed by atoms with Crippen molar-refractivity contribution in [3.8, 4) is 50.5 Å². The van der Waals surface area contributed by atoms with Gasteiger partial charge in [0.15, 0.2) is 5.82 Å². The third kappa shape index (κ3) is 4.02. The first-order valence-electron chi connectivity index (χ1n) is 20.0. The Morgan fingerprint density at radius 1 is 0.379 bits per heavy atom. The van der Waals surface area contributed by atoms with E-state index in [9.17, 15) is 0 Å². The molecule has 0 radical (unpaired) electrons. The van der Waals surface area contributed by atoms with Crippen LogP contribution in [0.3, 0.4) is 0 Å². The van der Waals surface area contributed by atoms with Gasteiger partial charge in [-0.05, 0) is 85.1 Å². The summed E-state index contributed by atoms with van der Waals surface area (Å²) in [6.07, 6.45) is 0. The molecule has 0 unspecified atom stereocenters. The first kappa shape index (κ1) is 31.6. The fourth-order valence-corrected chi connectivity index (χ4v) is 10.5. The van der Waals surface area contributed by atoms with Gasteiger partial charge in [0.2, 0.25) is 0 Å². The number of hydrogen-bond acceptors (Lipinski definition) is 2. The van der Waals surface area contributed by atoms with Crippen molar-refractivity contribution in [3.63, 3.8) is 0 Å². The molecule has 58 heavy (non-hydrogen) atoms. The number of aromatic nitrogens is 3. The smallest absolute Gasteiger partial charge is 0.165 e. The Kier molecular flexibility index (Phi) is 6.37. The van der Waals surface area contributed by atoms with Crippen molar-refractivity contribution >= 4 is 43.6 Å². The Labute approximate surface area is 335 Å². The molecule has 0 saturated heterocycles. The molecule has 3 nitrogen and oxygen atoms in total. The Bertz CT molecular complexity index is 3450. The summed E-state index contributed by atoms with van der Waals surface area (Å²) in [7, 11) is 0. The van der Waals surface area contributed by atoms with E-state index in [0.29, 0.717) is 0 Å². The number of fused-ring (bicyclic) bond motifs is 8. The quantitative estimate of drug-likeness (QED) is 0.180. The highest BCUT2D eigenvalue weighted by Gasteiger charge is 2.48. The minimum atomic E-state index is -0.596. The third-order valence-electron chi connectivity index (χ3n) is 12.8. The zero-order valence-corrected chi connectivity index (χ0v) is 31.4. The second-order valence-corrected chi connectivity index (χ2v) is 15.6. The maximum Gasteiger partial charge on any atom is 0.165 e. The predicted molar refractivity (Wildman–Crippen MR) is 239 cm³/mol. The summed E-state index contributed by atoms with van der Waals surface area (Å²) in [6.45, 7) is 0. The van der Waals surface area contributed by atoms with Crippen LogP contribution >= 0.6 is 0 Å². The van der Waals surface area contributed by atoms with Crippen molar-refractivity contribution in [1.29, 1.82) is 0 Å². The molecule has 268 valence electrons. The molecule has 9 aromatic carbocycles. The van der Waals surface area contributed by atoms with Gasteiger partial charge in [-0.1, -0.05) is 176 Å². The largest absolute Gasteiger partial charge is 0.292 e. The van der Waals surface area contributed by atoms with Crippen molar-refractivity contribution in [3.05, 3.63) is 222 Å². The maximum absolute atomic E-state index is 5.57. The Morgan fingerprint density at radius 3 is 1.72 bits per heavy atom. The molecule has 0 atom stereocenters. The van der Waals surface area contributed by atoms with Gasteiger partial charge >= 0.3 is 0 Å². The van der Waals surface area contributed by atoms with Gasteiger partial charge in [-0.2, -0.15) is 0 Å². The van der Waals surface area contributed by atoms with Crippen LogP contribution in [0.2, 0.25) is 0 Å². The van der Waals surface area contributed by atoms with Crippen LogP contribution in [0.4, 0.5) is 0 Å². The van der Waals surface area contributed by atoms with Crippen LogP contribution < -0.4 is 0 Å². The van der Waals surface area contributed by atoms with Gasteiger partial charge in [0.05, 0.1) is 27.5 Å². The summed E-state index contributed by atoms with van der Waals surface area (Å²) < 4.78 is 2.43. The fourth-order valence-electron chi connectivity index (χ4n) is 10.5. The molecular formula is C55H33N3. The maximum atomic E-state index is 5.57. The molecular weight excluding hydrogens is 703 g/mol. The van der Waals surface area contributed by atoms with Crippen molar-refractivity contribution in [2.45, 2.75) is 5.41 Å². The van der Waals surface area contributed by atoms with E-state index in [2.05, 4.69) is 199 Å². The molecule has 2 heterocycles. The van der Waals surface area contributed by atoms with Crippen molar-refractivity contribution in [2.75, 3.05) is 0 Å². The van der Waals surface area contributed by atoms with Crippen LogP contribution in [0, 0.1) is 0 Å². The molecule has 2 aliphatic carbocycles. The molecule has 3 heteroatoms. The third-order valence-corrected chi connectivity index (χ3v) is 12.8. The molecule has 0 saturated carbocycles. The molecule has 0 spiro atoms. The molecule has 2 aromatic heterocycles. The number of benzene rings is 9. The van der Waals surface area contributed by atoms with Gasteiger partial charge < -0.3 is 0 Å². The Morgan fingerprint density at radius 2 is 0.983 bits per heavy atom. The van der Waals surface area contributed by atoms with Gasteiger partial charge in [-0.15, -0.1) is 0 Å². The lowest BCUT2D eigenvalue weighted by molar-refractivity contribution is 0.769. The number of nitrogens with zero attached hydrogens (tertiary/aromatic N) is 3. The highest BCUT2D eigenvalue weighted by atomic mass is 15.1. The predicted octanol–water partition coefficient (Wildman–Crippen LogP) is 13.6. The molecule has 11 aromatic rings. The van der Waals surface area contributed by atoms with E-state index in [-0.39, 0.29) is 0 Å². The van der Waals surface area contributed by atoms with E-state index in [1.807, 2.05) is 6.07 Å². The van der Waals surface area contributed by atoms with Gasteiger partial charge in [-0.25, -0.2) is 9.97 Å². The van der Waals surface area contributed by atoms with Crippen LogP contribution in [0.1, 0.15) is 22.3 Å². The molecule has 0 fully saturated rings. The summed E-state index contributed by atoms with van der Waals surface area (Å²) in [4.78, 5) is 11.0. The Balaban J connectivity index is 1.32. The molecule has 2 aliphatic rings.